The molecule has 3 aromatic rings. The third-order valence-electron chi connectivity index (χ3n) is 3.40. The smallest absolute Gasteiger partial charge is 0.305 e. The summed E-state index contributed by atoms with van der Waals surface area (Å²) < 4.78 is 38.3. The number of aromatic amines is 1. The van der Waals surface area contributed by atoms with Crippen molar-refractivity contribution in [2.24, 2.45) is 0 Å². The maximum atomic E-state index is 12.8. The molecule has 0 aliphatic heterocycles. The highest BCUT2D eigenvalue weighted by Crippen LogP contribution is 2.30. The summed E-state index contributed by atoms with van der Waals surface area (Å²) in [6, 6.07) is 9.27. The normalized spacial score (nSPS) is 12.6. The predicted molar refractivity (Wildman–Crippen MR) is 92.5 cm³/mol. The Morgan fingerprint density at radius 3 is 2.64 bits per heavy atom. The number of hydrogen-bond acceptors (Lipinski definition) is 2. The molecule has 0 saturated heterocycles. The second-order valence-electron chi connectivity index (χ2n) is 5.19. The van der Waals surface area contributed by atoms with Gasteiger partial charge in [0.25, 0.3) is 5.56 Å². The van der Waals surface area contributed by atoms with Crippen LogP contribution in [0.3, 0.4) is 0 Å². The van der Waals surface area contributed by atoms with Gasteiger partial charge in [0.15, 0.2) is 5.82 Å². The summed E-state index contributed by atoms with van der Waals surface area (Å²) in [6.45, 7) is 0. The van der Waals surface area contributed by atoms with Crippen LogP contribution < -0.4 is 5.56 Å². The molecule has 0 aliphatic carbocycles. The largest absolute Gasteiger partial charge is 0.416 e. The molecule has 0 atom stereocenters. The van der Waals surface area contributed by atoms with E-state index >= 15 is 0 Å². The molecule has 0 amide bonds. The predicted octanol–water partition coefficient (Wildman–Crippen LogP) is 5.33. The molecule has 0 fully saturated rings. The molecule has 3 nitrogen and oxygen atoms in total. The van der Waals surface area contributed by atoms with E-state index in [0.29, 0.717) is 15.9 Å². The molecular formula is C17H9Cl2F3N2O. The summed E-state index contributed by atoms with van der Waals surface area (Å²) in [5.41, 5.74) is -0.629. The van der Waals surface area contributed by atoms with Crippen molar-refractivity contribution >= 4 is 45.2 Å². The number of nitrogens with zero attached hydrogens (tertiary/aromatic N) is 1. The molecule has 1 heterocycles. The summed E-state index contributed by atoms with van der Waals surface area (Å²) >= 11 is 12.0. The van der Waals surface area contributed by atoms with E-state index in [1.807, 2.05) is 0 Å². The molecule has 0 bridgehead atoms. The molecule has 1 aromatic heterocycles. The summed E-state index contributed by atoms with van der Waals surface area (Å²) in [7, 11) is 0. The van der Waals surface area contributed by atoms with Crippen LogP contribution in [0.5, 0.6) is 0 Å². The summed E-state index contributed by atoms with van der Waals surface area (Å²) in [4.78, 5) is 18.8. The summed E-state index contributed by atoms with van der Waals surface area (Å²) in [5, 5.41) is 0.686. The molecule has 0 radical (unpaired) electrons. The Balaban J connectivity index is 2.05. The van der Waals surface area contributed by atoms with Crippen molar-refractivity contribution in [2.75, 3.05) is 0 Å². The first-order valence-electron chi connectivity index (χ1n) is 6.98. The van der Waals surface area contributed by atoms with Gasteiger partial charge in [0.1, 0.15) is 0 Å². The highest BCUT2D eigenvalue weighted by Gasteiger charge is 2.30. The molecular weight excluding hydrogens is 376 g/mol. The molecule has 128 valence electrons. The fraction of sp³-hybridized carbons (Fsp3) is 0.0588. The van der Waals surface area contributed by atoms with Gasteiger partial charge in [0, 0.05) is 5.02 Å². The minimum absolute atomic E-state index is 0.00766. The third-order valence-corrected chi connectivity index (χ3v) is 3.92. The van der Waals surface area contributed by atoms with E-state index in [-0.39, 0.29) is 16.4 Å². The van der Waals surface area contributed by atoms with Crippen LogP contribution in [0.4, 0.5) is 13.2 Å². The maximum absolute atomic E-state index is 12.8. The van der Waals surface area contributed by atoms with E-state index in [2.05, 4.69) is 9.97 Å². The highest BCUT2D eigenvalue weighted by molar-refractivity contribution is 6.50. The molecule has 1 N–H and O–H groups in total. The Labute approximate surface area is 149 Å². The van der Waals surface area contributed by atoms with Crippen molar-refractivity contribution in [3.05, 3.63) is 74.8 Å². The number of halogens is 5. The van der Waals surface area contributed by atoms with Crippen LogP contribution in [0, 0.1) is 0 Å². The number of rotatable bonds is 2. The van der Waals surface area contributed by atoms with Gasteiger partial charge >= 0.3 is 6.18 Å². The molecule has 0 spiro atoms. The minimum atomic E-state index is -4.45. The molecule has 0 aliphatic rings. The van der Waals surface area contributed by atoms with E-state index in [1.54, 1.807) is 12.1 Å². The zero-order valence-electron chi connectivity index (χ0n) is 12.4. The van der Waals surface area contributed by atoms with Crippen molar-refractivity contribution in [1.82, 2.24) is 9.97 Å². The van der Waals surface area contributed by atoms with E-state index in [0.717, 1.165) is 12.1 Å². The standard InChI is InChI=1S/C17H9Cl2F3N2O/c18-11-4-5-14-12(8-11)16(25)24-15(23-14)13(19)7-9-2-1-3-10(6-9)17(20,21)22/h1-8H,(H,23,24,25)/b13-7+. The van der Waals surface area contributed by atoms with Gasteiger partial charge in [-0.1, -0.05) is 35.3 Å². The zero-order valence-corrected chi connectivity index (χ0v) is 13.9. The number of aromatic nitrogens is 2. The maximum Gasteiger partial charge on any atom is 0.416 e. The molecule has 0 saturated carbocycles. The lowest BCUT2D eigenvalue weighted by Crippen LogP contribution is -2.10. The Hall–Kier alpha value is -2.31. The zero-order chi connectivity index (χ0) is 18.2. The quantitative estimate of drug-likeness (QED) is 0.648. The van der Waals surface area contributed by atoms with E-state index in [9.17, 15) is 18.0 Å². The number of fused-ring (bicyclic) bond motifs is 1. The first-order chi connectivity index (χ1) is 11.7. The van der Waals surface area contributed by atoms with Gasteiger partial charge in [-0.2, -0.15) is 13.2 Å². The molecule has 25 heavy (non-hydrogen) atoms. The van der Waals surface area contributed by atoms with Crippen LogP contribution in [0.15, 0.2) is 47.3 Å². The lowest BCUT2D eigenvalue weighted by molar-refractivity contribution is -0.137. The first-order valence-corrected chi connectivity index (χ1v) is 7.74. The fourth-order valence-corrected chi connectivity index (χ4v) is 2.63. The lowest BCUT2D eigenvalue weighted by atomic mass is 10.1. The van der Waals surface area contributed by atoms with Crippen molar-refractivity contribution in [3.63, 3.8) is 0 Å². The summed E-state index contributed by atoms with van der Waals surface area (Å²) in [6.07, 6.45) is -3.15. The van der Waals surface area contributed by atoms with Crippen LogP contribution in [0.1, 0.15) is 17.0 Å². The Morgan fingerprint density at radius 2 is 1.92 bits per heavy atom. The number of benzene rings is 2. The molecule has 3 rings (SSSR count). The van der Waals surface area contributed by atoms with Gasteiger partial charge in [0.2, 0.25) is 0 Å². The Kier molecular flexibility index (Phi) is 4.58. The van der Waals surface area contributed by atoms with Crippen LogP contribution in [0.2, 0.25) is 5.02 Å². The number of H-pyrrole nitrogens is 1. The van der Waals surface area contributed by atoms with Gasteiger partial charge in [0.05, 0.1) is 21.5 Å². The highest BCUT2D eigenvalue weighted by atomic mass is 35.5. The number of alkyl halides is 3. The molecule has 2 aromatic carbocycles. The van der Waals surface area contributed by atoms with Crippen LogP contribution in [0.25, 0.3) is 22.0 Å². The lowest BCUT2D eigenvalue weighted by Gasteiger charge is -2.07. The van der Waals surface area contributed by atoms with Gasteiger partial charge < -0.3 is 4.98 Å². The van der Waals surface area contributed by atoms with E-state index in [4.69, 9.17) is 23.2 Å². The number of nitrogens with one attached hydrogen (secondary N) is 1. The minimum Gasteiger partial charge on any atom is -0.305 e. The van der Waals surface area contributed by atoms with Crippen LogP contribution >= 0.6 is 23.2 Å². The monoisotopic (exact) mass is 384 g/mol. The average molecular weight is 385 g/mol. The van der Waals surface area contributed by atoms with Crippen molar-refractivity contribution in [1.29, 1.82) is 0 Å². The van der Waals surface area contributed by atoms with Crippen molar-refractivity contribution in [3.8, 4) is 0 Å². The van der Waals surface area contributed by atoms with Crippen LogP contribution in [-0.2, 0) is 6.18 Å². The topological polar surface area (TPSA) is 45.8 Å². The number of hydrogen-bond donors (Lipinski definition) is 1. The van der Waals surface area contributed by atoms with Gasteiger partial charge in [-0.3, -0.25) is 4.79 Å². The van der Waals surface area contributed by atoms with Gasteiger partial charge in [-0.05, 0) is 42.0 Å². The van der Waals surface area contributed by atoms with Crippen molar-refractivity contribution in [2.45, 2.75) is 6.18 Å². The fourth-order valence-electron chi connectivity index (χ4n) is 2.24. The molecule has 0 unspecified atom stereocenters. The van der Waals surface area contributed by atoms with Gasteiger partial charge in [-0.15, -0.1) is 0 Å². The Bertz CT molecular complexity index is 1040. The first kappa shape index (κ1) is 17.5. The summed E-state index contributed by atoms with van der Waals surface area (Å²) in [5.74, 6) is 0.0545. The second-order valence-corrected chi connectivity index (χ2v) is 6.04. The average Bonchev–Trinajstić information content (AvgIpc) is 2.55. The van der Waals surface area contributed by atoms with Crippen LogP contribution in [-0.4, -0.2) is 9.97 Å². The van der Waals surface area contributed by atoms with E-state index in [1.165, 1.54) is 24.3 Å². The van der Waals surface area contributed by atoms with Crippen molar-refractivity contribution < 1.29 is 13.2 Å². The van der Waals surface area contributed by atoms with E-state index < -0.39 is 17.3 Å². The van der Waals surface area contributed by atoms with Gasteiger partial charge in [-0.25, -0.2) is 4.98 Å². The second kappa shape index (κ2) is 6.54. The Morgan fingerprint density at radius 1 is 1.16 bits per heavy atom. The molecule has 8 heteroatoms. The SMILES string of the molecule is O=c1[nH]c(/C(Cl)=C\c2cccc(C(F)(F)F)c2)nc2ccc(Cl)cc12. The third kappa shape index (κ3) is 3.86.